The lowest BCUT2D eigenvalue weighted by Crippen LogP contribution is -1.97. The van der Waals surface area contributed by atoms with Crippen LogP contribution < -0.4 is 0 Å². The van der Waals surface area contributed by atoms with Crippen LogP contribution in [0.25, 0.3) is 5.13 Å². The van der Waals surface area contributed by atoms with Crippen molar-refractivity contribution in [2.75, 3.05) is 0 Å². The third-order valence-electron chi connectivity index (χ3n) is 1.90. The van der Waals surface area contributed by atoms with Gasteiger partial charge in [0.1, 0.15) is 4.88 Å². The molecule has 78 valence electrons. The second-order valence-electron chi connectivity index (χ2n) is 3.15. The molecule has 0 aliphatic rings. The molecule has 0 amide bonds. The Morgan fingerprint density at radius 1 is 1.53 bits per heavy atom. The van der Waals surface area contributed by atoms with Gasteiger partial charge in [-0.15, -0.1) is 0 Å². The Morgan fingerprint density at radius 2 is 2.27 bits per heavy atom. The van der Waals surface area contributed by atoms with Gasteiger partial charge in [0.05, 0.1) is 11.9 Å². The highest BCUT2D eigenvalue weighted by atomic mass is 32.1. The Labute approximate surface area is 90.0 Å². The molecule has 1 N–H and O–H groups in total. The molecule has 2 aromatic rings. The number of carbonyl (C=O) groups is 1. The average Bonchev–Trinajstić information content (AvgIpc) is 2.71. The van der Waals surface area contributed by atoms with Crippen molar-refractivity contribution < 1.29 is 9.90 Å². The lowest BCUT2D eigenvalue weighted by molar-refractivity contribution is 0.0702. The molecule has 15 heavy (non-hydrogen) atoms. The number of hydrogen-bond donors (Lipinski definition) is 1. The number of thiazole rings is 1. The maximum Gasteiger partial charge on any atom is 0.347 e. The van der Waals surface area contributed by atoms with E-state index in [4.69, 9.17) is 5.11 Å². The molecular formula is C9H9N3O2S. The van der Waals surface area contributed by atoms with Crippen LogP contribution in [0.2, 0.25) is 0 Å². The van der Waals surface area contributed by atoms with Crippen molar-refractivity contribution in [2.24, 2.45) is 0 Å². The Kier molecular flexibility index (Phi) is 2.28. The highest BCUT2D eigenvalue weighted by Crippen LogP contribution is 2.18. The fraction of sp³-hybridized carbons (Fsp3) is 0.222. The molecule has 0 aliphatic carbocycles. The van der Waals surface area contributed by atoms with Gasteiger partial charge in [0, 0.05) is 5.69 Å². The summed E-state index contributed by atoms with van der Waals surface area (Å²) in [5.41, 5.74) is 1.83. The topological polar surface area (TPSA) is 68.0 Å². The highest BCUT2D eigenvalue weighted by molar-refractivity contribution is 7.15. The number of rotatable bonds is 2. The van der Waals surface area contributed by atoms with Gasteiger partial charge in [-0.05, 0) is 19.9 Å². The standard InChI is InChI=1S/C9H9N3O2S/c1-5-3-6(2)12(11-5)9-10-4-7(15-9)8(13)14/h3-4H,1-2H3,(H,13,14). The number of aromatic carboxylic acids is 1. The number of nitrogens with zero attached hydrogens (tertiary/aromatic N) is 3. The Balaban J connectivity index is 2.45. The molecule has 0 atom stereocenters. The van der Waals surface area contributed by atoms with Crippen molar-refractivity contribution in [2.45, 2.75) is 13.8 Å². The highest BCUT2D eigenvalue weighted by Gasteiger charge is 2.12. The molecule has 2 heterocycles. The Hall–Kier alpha value is -1.69. The minimum absolute atomic E-state index is 0.220. The summed E-state index contributed by atoms with van der Waals surface area (Å²) in [4.78, 5) is 14.9. The van der Waals surface area contributed by atoms with Gasteiger partial charge < -0.3 is 5.11 Å². The molecule has 0 unspecified atom stereocenters. The van der Waals surface area contributed by atoms with Crippen molar-refractivity contribution in [3.05, 3.63) is 28.5 Å². The molecule has 0 radical (unpaired) electrons. The third kappa shape index (κ3) is 1.75. The first-order chi connectivity index (χ1) is 7.08. The van der Waals surface area contributed by atoms with Gasteiger partial charge in [0.25, 0.3) is 0 Å². The molecule has 0 fully saturated rings. The maximum absolute atomic E-state index is 10.7. The van der Waals surface area contributed by atoms with E-state index in [1.165, 1.54) is 6.20 Å². The van der Waals surface area contributed by atoms with Crippen LogP contribution in [0.3, 0.4) is 0 Å². The summed E-state index contributed by atoms with van der Waals surface area (Å²) in [6, 6.07) is 1.92. The minimum atomic E-state index is -0.958. The van der Waals surface area contributed by atoms with Crippen molar-refractivity contribution in [1.82, 2.24) is 14.8 Å². The summed E-state index contributed by atoms with van der Waals surface area (Å²) < 4.78 is 1.65. The summed E-state index contributed by atoms with van der Waals surface area (Å²) in [5, 5.41) is 13.6. The van der Waals surface area contributed by atoms with E-state index in [-0.39, 0.29) is 4.88 Å². The van der Waals surface area contributed by atoms with E-state index < -0.39 is 5.97 Å². The van der Waals surface area contributed by atoms with Crippen LogP contribution in [0.1, 0.15) is 21.1 Å². The van der Waals surface area contributed by atoms with E-state index in [1.54, 1.807) is 4.68 Å². The predicted molar refractivity (Wildman–Crippen MR) is 55.7 cm³/mol. The first-order valence-electron chi connectivity index (χ1n) is 4.30. The first kappa shape index (κ1) is 9.85. The first-order valence-corrected chi connectivity index (χ1v) is 5.12. The van der Waals surface area contributed by atoms with E-state index in [9.17, 15) is 4.79 Å². The maximum atomic E-state index is 10.7. The summed E-state index contributed by atoms with van der Waals surface area (Å²) in [7, 11) is 0. The number of carboxylic acid groups (broad SMARTS) is 1. The van der Waals surface area contributed by atoms with Gasteiger partial charge in [0.2, 0.25) is 5.13 Å². The van der Waals surface area contributed by atoms with Gasteiger partial charge in [-0.2, -0.15) is 5.10 Å². The fourth-order valence-electron chi connectivity index (χ4n) is 1.28. The summed E-state index contributed by atoms with van der Waals surface area (Å²) in [5.74, 6) is -0.958. The monoisotopic (exact) mass is 223 g/mol. The zero-order chi connectivity index (χ0) is 11.0. The van der Waals surface area contributed by atoms with Gasteiger partial charge in [0.15, 0.2) is 0 Å². The van der Waals surface area contributed by atoms with Crippen LogP contribution in [0.4, 0.5) is 0 Å². The number of carboxylic acids is 1. The lowest BCUT2D eigenvalue weighted by Gasteiger charge is -1.96. The van der Waals surface area contributed by atoms with Crippen LogP contribution in [0.15, 0.2) is 12.3 Å². The van der Waals surface area contributed by atoms with Crippen LogP contribution in [-0.4, -0.2) is 25.8 Å². The quantitative estimate of drug-likeness (QED) is 0.840. The van der Waals surface area contributed by atoms with Gasteiger partial charge >= 0.3 is 5.97 Å². The largest absolute Gasteiger partial charge is 0.477 e. The molecule has 2 aromatic heterocycles. The summed E-state index contributed by atoms with van der Waals surface area (Å²) in [6.07, 6.45) is 1.35. The Bertz CT molecular complexity index is 515. The van der Waals surface area contributed by atoms with E-state index in [1.807, 2.05) is 19.9 Å². The number of aromatic nitrogens is 3. The fourth-order valence-corrected chi connectivity index (χ4v) is 2.05. The summed E-state index contributed by atoms with van der Waals surface area (Å²) in [6.45, 7) is 3.79. The van der Waals surface area contributed by atoms with Gasteiger partial charge in [-0.1, -0.05) is 11.3 Å². The smallest absolute Gasteiger partial charge is 0.347 e. The van der Waals surface area contributed by atoms with Crippen LogP contribution in [0, 0.1) is 13.8 Å². The SMILES string of the molecule is Cc1cc(C)n(-c2ncc(C(=O)O)s2)n1. The second kappa shape index (κ2) is 3.47. The van der Waals surface area contributed by atoms with Crippen LogP contribution in [0.5, 0.6) is 0 Å². The number of hydrogen-bond acceptors (Lipinski definition) is 4. The van der Waals surface area contributed by atoms with E-state index in [2.05, 4.69) is 10.1 Å². The molecule has 0 aliphatic heterocycles. The molecule has 0 aromatic carbocycles. The minimum Gasteiger partial charge on any atom is -0.477 e. The summed E-state index contributed by atoms with van der Waals surface area (Å²) >= 11 is 1.11. The lowest BCUT2D eigenvalue weighted by atomic mass is 10.4. The van der Waals surface area contributed by atoms with Gasteiger partial charge in [-0.3, -0.25) is 0 Å². The normalized spacial score (nSPS) is 10.5. The van der Waals surface area contributed by atoms with Crippen molar-refractivity contribution in [1.29, 1.82) is 0 Å². The third-order valence-corrected chi connectivity index (χ3v) is 2.86. The van der Waals surface area contributed by atoms with Crippen LogP contribution >= 0.6 is 11.3 Å². The molecule has 5 nitrogen and oxygen atoms in total. The van der Waals surface area contributed by atoms with Crippen molar-refractivity contribution in [3.63, 3.8) is 0 Å². The van der Waals surface area contributed by atoms with Gasteiger partial charge in [-0.25, -0.2) is 14.5 Å². The molecule has 0 spiro atoms. The van der Waals surface area contributed by atoms with Crippen molar-refractivity contribution in [3.8, 4) is 5.13 Å². The van der Waals surface area contributed by atoms with Crippen molar-refractivity contribution >= 4 is 17.3 Å². The van der Waals surface area contributed by atoms with E-state index in [0.717, 1.165) is 22.7 Å². The van der Waals surface area contributed by atoms with E-state index in [0.29, 0.717) is 5.13 Å². The van der Waals surface area contributed by atoms with Crippen LogP contribution in [-0.2, 0) is 0 Å². The number of aryl methyl sites for hydroxylation is 2. The zero-order valence-corrected chi connectivity index (χ0v) is 9.08. The average molecular weight is 223 g/mol. The molecule has 0 bridgehead atoms. The molecule has 2 rings (SSSR count). The molecular weight excluding hydrogens is 214 g/mol. The molecule has 6 heteroatoms. The predicted octanol–water partition coefficient (Wildman–Crippen LogP) is 1.64. The Morgan fingerprint density at radius 3 is 2.73 bits per heavy atom. The molecule has 0 saturated heterocycles. The zero-order valence-electron chi connectivity index (χ0n) is 8.26. The van der Waals surface area contributed by atoms with E-state index >= 15 is 0 Å². The second-order valence-corrected chi connectivity index (χ2v) is 4.16. The molecule has 0 saturated carbocycles.